The summed E-state index contributed by atoms with van der Waals surface area (Å²) in [5, 5.41) is 8.39. The Bertz CT molecular complexity index is 986. The first-order valence-corrected chi connectivity index (χ1v) is 9.54. The highest BCUT2D eigenvalue weighted by atomic mass is 32.2. The molecule has 27 heavy (non-hydrogen) atoms. The number of aromatic nitrogens is 2. The third-order valence-electron chi connectivity index (χ3n) is 4.23. The number of hydrogen-bond acceptors (Lipinski definition) is 7. The van der Waals surface area contributed by atoms with E-state index < -0.39 is 6.10 Å². The quantitative estimate of drug-likeness (QED) is 0.484. The van der Waals surface area contributed by atoms with Crippen molar-refractivity contribution in [1.82, 2.24) is 10.2 Å². The molecule has 3 aromatic rings. The lowest BCUT2D eigenvalue weighted by molar-refractivity contribution is 0.0686. The van der Waals surface area contributed by atoms with Crippen LogP contribution in [0.15, 0.2) is 52.1 Å². The molecular weight excluding hydrogens is 364 g/mol. The first-order valence-electron chi connectivity index (χ1n) is 8.55. The highest BCUT2D eigenvalue weighted by molar-refractivity contribution is 7.99. The van der Waals surface area contributed by atoms with Gasteiger partial charge in [-0.15, -0.1) is 10.2 Å². The van der Waals surface area contributed by atoms with E-state index in [-0.39, 0.29) is 11.5 Å². The van der Waals surface area contributed by atoms with E-state index >= 15 is 0 Å². The van der Waals surface area contributed by atoms with Crippen LogP contribution in [0, 0.1) is 13.8 Å². The summed E-state index contributed by atoms with van der Waals surface area (Å²) in [5.74, 6) is 1.95. The van der Waals surface area contributed by atoms with E-state index in [9.17, 15) is 4.79 Å². The van der Waals surface area contributed by atoms with E-state index in [0.29, 0.717) is 29.2 Å². The van der Waals surface area contributed by atoms with Crippen LogP contribution in [0.5, 0.6) is 11.5 Å². The molecule has 0 saturated carbocycles. The van der Waals surface area contributed by atoms with Crippen LogP contribution >= 0.6 is 11.8 Å². The number of thioether (sulfide) groups is 1. The van der Waals surface area contributed by atoms with Crippen LogP contribution in [0.1, 0.15) is 33.5 Å². The molecule has 0 radical (unpaired) electrons. The van der Waals surface area contributed by atoms with Crippen LogP contribution in [0.4, 0.5) is 0 Å². The molecule has 0 fully saturated rings. The van der Waals surface area contributed by atoms with Crippen molar-refractivity contribution in [2.75, 3.05) is 12.4 Å². The summed E-state index contributed by atoms with van der Waals surface area (Å²) in [6.07, 6.45) is -0.462. The zero-order valence-electron chi connectivity index (χ0n) is 15.0. The van der Waals surface area contributed by atoms with Gasteiger partial charge in [-0.05, 0) is 37.6 Å². The number of carbonyl (C=O) groups excluding carboxylic acids is 1. The summed E-state index contributed by atoms with van der Waals surface area (Å²) in [7, 11) is 0. The van der Waals surface area contributed by atoms with Gasteiger partial charge in [-0.25, -0.2) is 0 Å². The Labute approximate surface area is 160 Å². The monoisotopic (exact) mass is 382 g/mol. The van der Waals surface area contributed by atoms with Crippen LogP contribution in [0.3, 0.4) is 0 Å². The number of aryl methyl sites for hydroxylation is 2. The molecule has 1 aliphatic rings. The predicted molar refractivity (Wildman–Crippen MR) is 101 cm³/mol. The molecule has 0 aliphatic carbocycles. The molecule has 1 aromatic heterocycles. The molecule has 0 N–H and O–H groups in total. The molecule has 2 heterocycles. The van der Waals surface area contributed by atoms with Gasteiger partial charge in [0.05, 0.1) is 5.75 Å². The fraction of sp³-hybridized carbons (Fsp3) is 0.250. The predicted octanol–water partition coefficient (Wildman–Crippen LogP) is 4.17. The van der Waals surface area contributed by atoms with Gasteiger partial charge >= 0.3 is 0 Å². The normalized spacial score (nSPS) is 15.6. The Morgan fingerprint density at radius 1 is 1.15 bits per heavy atom. The number of nitrogens with zero attached hydrogens (tertiary/aromatic N) is 2. The van der Waals surface area contributed by atoms with Crippen molar-refractivity contribution in [3.8, 4) is 11.5 Å². The van der Waals surface area contributed by atoms with Crippen LogP contribution in [0.25, 0.3) is 0 Å². The molecule has 0 saturated heterocycles. The molecule has 2 aromatic carbocycles. The summed E-state index contributed by atoms with van der Waals surface area (Å²) in [6.45, 7) is 4.20. The van der Waals surface area contributed by atoms with E-state index in [0.717, 1.165) is 16.7 Å². The number of hydrogen-bond donors (Lipinski definition) is 0. The van der Waals surface area contributed by atoms with Crippen molar-refractivity contribution in [3.05, 3.63) is 65.0 Å². The number of carbonyl (C=O) groups is 1. The molecule has 7 heteroatoms. The van der Waals surface area contributed by atoms with E-state index in [1.807, 2.05) is 56.3 Å². The maximum absolute atomic E-state index is 12.5. The summed E-state index contributed by atoms with van der Waals surface area (Å²) >= 11 is 1.22. The van der Waals surface area contributed by atoms with Gasteiger partial charge in [0.1, 0.15) is 6.61 Å². The number of fused-ring (bicyclic) bond motifs is 1. The highest BCUT2D eigenvalue weighted by Crippen LogP contribution is 2.36. The van der Waals surface area contributed by atoms with E-state index in [1.54, 1.807) is 0 Å². The van der Waals surface area contributed by atoms with Gasteiger partial charge in [-0.2, -0.15) is 0 Å². The van der Waals surface area contributed by atoms with Crippen LogP contribution in [0.2, 0.25) is 0 Å². The Morgan fingerprint density at radius 3 is 2.81 bits per heavy atom. The van der Waals surface area contributed by atoms with Crippen molar-refractivity contribution in [1.29, 1.82) is 0 Å². The molecule has 0 amide bonds. The fourth-order valence-electron chi connectivity index (χ4n) is 2.79. The van der Waals surface area contributed by atoms with Crippen molar-refractivity contribution < 1.29 is 18.7 Å². The van der Waals surface area contributed by atoms with Gasteiger partial charge < -0.3 is 13.9 Å². The molecule has 1 unspecified atom stereocenters. The first kappa shape index (κ1) is 17.6. The lowest BCUT2D eigenvalue weighted by Gasteiger charge is -2.23. The Kier molecular flexibility index (Phi) is 4.85. The maximum Gasteiger partial charge on any atom is 0.277 e. The number of ketones is 1. The highest BCUT2D eigenvalue weighted by Gasteiger charge is 2.27. The molecular formula is C20H18N2O4S. The third kappa shape index (κ3) is 3.83. The smallest absolute Gasteiger partial charge is 0.277 e. The number of para-hydroxylation sites is 2. The molecule has 4 rings (SSSR count). The van der Waals surface area contributed by atoms with Crippen molar-refractivity contribution in [3.63, 3.8) is 0 Å². The number of ether oxygens (including phenoxy) is 2. The van der Waals surface area contributed by atoms with E-state index in [2.05, 4.69) is 10.2 Å². The van der Waals surface area contributed by atoms with E-state index in [4.69, 9.17) is 13.9 Å². The largest absolute Gasteiger partial charge is 0.485 e. The van der Waals surface area contributed by atoms with Gasteiger partial charge in [-0.1, -0.05) is 41.6 Å². The van der Waals surface area contributed by atoms with Crippen LogP contribution < -0.4 is 9.47 Å². The van der Waals surface area contributed by atoms with Crippen molar-refractivity contribution in [2.24, 2.45) is 0 Å². The molecule has 6 nitrogen and oxygen atoms in total. The van der Waals surface area contributed by atoms with Gasteiger partial charge in [0.15, 0.2) is 17.3 Å². The second kappa shape index (κ2) is 7.44. The Hall–Kier alpha value is -2.80. The zero-order chi connectivity index (χ0) is 18.8. The minimum atomic E-state index is -0.462. The average molecular weight is 382 g/mol. The van der Waals surface area contributed by atoms with Crippen molar-refractivity contribution >= 4 is 17.5 Å². The topological polar surface area (TPSA) is 74.5 Å². The number of benzene rings is 2. The molecule has 0 spiro atoms. The van der Waals surface area contributed by atoms with Gasteiger partial charge in [0, 0.05) is 5.56 Å². The summed E-state index contributed by atoms with van der Waals surface area (Å²) < 4.78 is 17.2. The second-order valence-electron chi connectivity index (χ2n) is 6.30. The number of rotatable bonds is 5. The van der Waals surface area contributed by atoms with Crippen LogP contribution in [-0.4, -0.2) is 28.3 Å². The first-order chi connectivity index (χ1) is 13.1. The molecule has 138 valence electrons. The Balaban J connectivity index is 1.40. The second-order valence-corrected chi connectivity index (χ2v) is 7.23. The van der Waals surface area contributed by atoms with Gasteiger partial charge in [0.2, 0.25) is 6.10 Å². The summed E-state index contributed by atoms with van der Waals surface area (Å²) in [6, 6.07) is 13.3. The third-order valence-corrected chi connectivity index (χ3v) is 5.04. The lowest BCUT2D eigenvalue weighted by Crippen LogP contribution is -2.21. The minimum Gasteiger partial charge on any atom is -0.485 e. The average Bonchev–Trinajstić information content (AvgIpc) is 3.16. The van der Waals surface area contributed by atoms with Gasteiger partial charge in [-0.3, -0.25) is 4.79 Å². The zero-order valence-corrected chi connectivity index (χ0v) is 15.8. The maximum atomic E-state index is 12.5. The molecule has 1 aliphatic heterocycles. The summed E-state index contributed by atoms with van der Waals surface area (Å²) in [5.41, 5.74) is 2.75. The molecule has 1 atom stereocenters. The SMILES string of the molecule is Cc1ccc(C)c(C(=O)CSc2nnc(C3COc4ccccc4O3)o2)c1. The fourth-order valence-corrected chi connectivity index (χ4v) is 3.44. The lowest BCUT2D eigenvalue weighted by atomic mass is 10.0. The Morgan fingerprint density at radius 2 is 1.96 bits per heavy atom. The standard InChI is InChI=1S/C20H18N2O4S/c1-12-7-8-13(2)14(9-12)15(23)11-27-20-22-21-19(26-20)18-10-24-16-5-3-4-6-17(16)25-18/h3-9,18H,10-11H2,1-2H3. The van der Waals surface area contributed by atoms with Crippen LogP contribution in [-0.2, 0) is 0 Å². The summed E-state index contributed by atoms with van der Waals surface area (Å²) in [4.78, 5) is 12.5. The molecule has 0 bridgehead atoms. The minimum absolute atomic E-state index is 0.0344. The van der Waals surface area contributed by atoms with Crippen molar-refractivity contribution in [2.45, 2.75) is 25.2 Å². The van der Waals surface area contributed by atoms with Gasteiger partial charge in [0.25, 0.3) is 11.1 Å². The number of Topliss-reactive ketones (excluding diaryl/α,β-unsaturated/α-hetero) is 1. The van der Waals surface area contributed by atoms with E-state index in [1.165, 1.54) is 11.8 Å².